The lowest BCUT2D eigenvalue weighted by Crippen LogP contribution is -2.43. The first-order valence-corrected chi connectivity index (χ1v) is 11.7. The van der Waals surface area contributed by atoms with Gasteiger partial charge >= 0.3 is 0 Å². The normalized spacial score (nSPS) is 18.2. The number of piperidine rings is 1. The predicted octanol–water partition coefficient (Wildman–Crippen LogP) is 2.86. The molecular formula is C16H18ClN3O4S3. The number of carbonyl (C=O) groups excluding carboxylic acids is 2. The first-order valence-electron chi connectivity index (χ1n) is 8.19. The summed E-state index contributed by atoms with van der Waals surface area (Å²) in [4.78, 5) is 24.5. The maximum atomic E-state index is 12.8. The number of rotatable bonds is 5. The molecule has 1 unspecified atom stereocenters. The van der Waals surface area contributed by atoms with Crippen LogP contribution < -0.4 is 10.6 Å². The first kappa shape index (κ1) is 20.3. The van der Waals surface area contributed by atoms with Gasteiger partial charge in [0, 0.05) is 20.1 Å². The summed E-state index contributed by atoms with van der Waals surface area (Å²) in [7, 11) is -2.15. The van der Waals surface area contributed by atoms with Gasteiger partial charge in [0.25, 0.3) is 15.9 Å². The van der Waals surface area contributed by atoms with Crippen molar-refractivity contribution in [2.75, 3.05) is 25.5 Å². The molecule has 2 aromatic rings. The molecule has 11 heteroatoms. The Morgan fingerprint density at radius 1 is 1.30 bits per heavy atom. The van der Waals surface area contributed by atoms with E-state index in [9.17, 15) is 18.0 Å². The quantitative estimate of drug-likeness (QED) is 0.736. The van der Waals surface area contributed by atoms with Crippen molar-refractivity contribution >= 4 is 61.1 Å². The highest BCUT2D eigenvalue weighted by Crippen LogP contribution is 2.31. The molecule has 3 rings (SSSR count). The van der Waals surface area contributed by atoms with Crippen LogP contribution in [0.1, 0.15) is 23.2 Å². The molecule has 0 aliphatic carbocycles. The summed E-state index contributed by atoms with van der Waals surface area (Å²) in [5.74, 6) is -1.05. The Balaban J connectivity index is 1.72. The van der Waals surface area contributed by atoms with E-state index < -0.39 is 15.9 Å². The Labute approximate surface area is 170 Å². The molecule has 1 fully saturated rings. The first-order chi connectivity index (χ1) is 12.8. The maximum absolute atomic E-state index is 12.8. The van der Waals surface area contributed by atoms with E-state index in [2.05, 4.69) is 10.6 Å². The lowest BCUT2D eigenvalue weighted by molar-refractivity contribution is -0.120. The van der Waals surface area contributed by atoms with Gasteiger partial charge in [-0.2, -0.15) is 4.31 Å². The minimum absolute atomic E-state index is 0.102. The Morgan fingerprint density at radius 2 is 2.07 bits per heavy atom. The highest BCUT2D eigenvalue weighted by Gasteiger charge is 2.34. The monoisotopic (exact) mass is 447 g/mol. The SMILES string of the molecule is CNC(=O)c1ccsc1NC(=O)C1CCCN(S(=O)(=O)c2ccc(Cl)s2)C1. The van der Waals surface area contributed by atoms with E-state index in [4.69, 9.17) is 11.6 Å². The van der Waals surface area contributed by atoms with Gasteiger partial charge in [0.1, 0.15) is 9.21 Å². The zero-order chi connectivity index (χ0) is 19.6. The van der Waals surface area contributed by atoms with Crippen LogP contribution >= 0.6 is 34.3 Å². The molecule has 1 saturated heterocycles. The Morgan fingerprint density at radius 3 is 2.74 bits per heavy atom. The molecule has 0 spiro atoms. The molecular weight excluding hydrogens is 430 g/mol. The smallest absolute Gasteiger partial charge is 0.254 e. The fraction of sp³-hybridized carbons (Fsp3) is 0.375. The van der Waals surface area contributed by atoms with Gasteiger partial charge in [-0.15, -0.1) is 22.7 Å². The van der Waals surface area contributed by atoms with Crippen LogP contribution in [0.25, 0.3) is 0 Å². The molecule has 2 N–H and O–H groups in total. The van der Waals surface area contributed by atoms with E-state index in [0.29, 0.717) is 34.3 Å². The van der Waals surface area contributed by atoms with Gasteiger partial charge < -0.3 is 10.6 Å². The number of nitrogens with zero attached hydrogens (tertiary/aromatic N) is 1. The van der Waals surface area contributed by atoms with E-state index in [1.165, 1.54) is 28.8 Å². The van der Waals surface area contributed by atoms with Crippen molar-refractivity contribution in [3.8, 4) is 0 Å². The molecule has 1 aliphatic rings. The Bertz CT molecular complexity index is 954. The van der Waals surface area contributed by atoms with Gasteiger partial charge in [-0.1, -0.05) is 11.6 Å². The summed E-state index contributed by atoms with van der Waals surface area (Å²) in [5, 5.41) is 7.48. The fourth-order valence-electron chi connectivity index (χ4n) is 2.87. The molecule has 146 valence electrons. The van der Waals surface area contributed by atoms with Crippen LogP contribution in [0.15, 0.2) is 27.8 Å². The molecule has 1 aliphatic heterocycles. The van der Waals surface area contributed by atoms with Crippen LogP contribution in [0.4, 0.5) is 5.00 Å². The number of hydrogen-bond acceptors (Lipinski definition) is 6. The fourth-order valence-corrected chi connectivity index (χ4v) is 6.82. The van der Waals surface area contributed by atoms with Crippen molar-refractivity contribution in [2.45, 2.75) is 17.1 Å². The van der Waals surface area contributed by atoms with Crippen LogP contribution in [0.3, 0.4) is 0 Å². The summed E-state index contributed by atoms with van der Waals surface area (Å²) in [6.45, 7) is 0.467. The van der Waals surface area contributed by atoms with E-state index in [1.807, 2.05) is 0 Å². The summed E-state index contributed by atoms with van der Waals surface area (Å²) < 4.78 is 27.4. The third-order valence-corrected chi connectivity index (χ3v) is 8.66. The van der Waals surface area contributed by atoms with E-state index >= 15 is 0 Å². The summed E-state index contributed by atoms with van der Waals surface area (Å²) in [6.07, 6.45) is 1.17. The Hall–Kier alpha value is -1.46. The van der Waals surface area contributed by atoms with Crippen molar-refractivity contribution < 1.29 is 18.0 Å². The average Bonchev–Trinajstić information content (AvgIpc) is 3.30. The van der Waals surface area contributed by atoms with Crippen molar-refractivity contribution in [3.63, 3.8) is 0 Å². The molecule has 27 heavy (non-hydrogen) atoms. The van der Waals surface area contributed by atoms with Crippen LogP contribution in [-0.4, -0.2) is 44.7 Å². The number of nitrogens with one attached hydrogen (secondary N) is 2. The second-order valence-electron chi connectivity index (χ2n) is 5.99. The molecule has 0 bridgehead atoms. The Kier molecular flexibility index (Phi) is 6.21. The van der Waals surface area contributed by atoms with Crippen molar-refractivity contribution in [2.24, 2.45) is 5.92 Å². The van der Waals surface area contributed by atoms with Crippen molar-refractivity contribution in [3.05, 3.63) is 33.5 Å². The minimum Gasteiger partial charge on any atom is -0.355 e. The van der Waals surface area contributed by atoms with Gasteiger partial charge in [0.15, 0.2) is 0 Å². The van der Waals surface area contributed by atoms with Crippen LogP contribution in [0.5, 0.6) is 0 Å². The number of amides is 2. The van der Waals surface area contributed by atoms with Gasteiger partial charge in [-0.05, 0) is 36.4 Å². The number of thiophene rings is 2. The average molecular weight is 448 g/mol. The van der Waals surface area contributed by atoms with E-state index in [-0.39, 0.29) is 22.6 Å². The van der Waals surface area contributed by atoms with E-state index in [0.717, 1.165) is 11.3 Å². The molecule has 0 radical (unpaired) electrons. The van der Waals surface area contributed by atoms with Gasteiger partial charge in [0.05, 0.1) is 15.8 Å². The number of halogens is 1. The summed E-state index contributed by atoms with van der Waals surface area (Å²) in [6, 6.07) is 4.66. The number of anilines is 1. The molecule has 2 amide bonds. The predicted molar refractivity (Wildman–Crippen MR) is 107 cm³/mol. The second kappa shape index (κ2) is 8.27. The highest BCUT2D eigenvalue weighted by molar-refractivity contribution is 7.91. The lowest BCUT2D eigenvalue weighted by Gasteiger charge is -2.30. The van der Waals surface area contributed by atoms with Crippen LogP contribution in [-0.2, 0) is 14.8 Å². The summed E-state index contributed by atoms with van der Waals surface area (Å²) >= 11 is 8.11. The molecule has 1 atom stereocenters. The molecule has 2 aromatic heterocycles. The molecule has 0 saturated carbocycles. The largest absolute Gasteiger partial charge is 0.355 e. The summed E-state index contributed by atoms with van der Waals surface area (Å²) in [5.41, 5.74) is 0.393. The number of sulfonamides is 1. The standard InChI is InChI=1S/C16H18ClN3O4S3/c1-18-15(22)11-6-8-25-16(11)19-14(21)10-3-2-7-20(9-10)27(23,24)13-5-4-12(17)26-13/h4-6,8,10H,2-3,7,9H2,1H3,(H,18,22)(H,19,21). The van der Waals surface area contributed by atoms with E-state index in [1.54, 1.807) is 17.5 Å². The third-order valence-electron chi connectivity index (χ3n) is 4.27. The zero-order valence-corrected chi connectivity index (χ0v) is 17.6. The topological polar surface area (TPSA) is 95.6 Å². The van der Waals surface area contributed by atoms with Crippen LogP contribution in [0, 0.1) is 5.92 Å². The second-order valence-corrected chi connectivity index (χ2v) is 10.8. The maximum Gasteiger partial charge on any atom is 0.254 e. The van der Waals surface area contributed by atoms with Crippen molar-refractivity contribution in [1.29, 1.82) is 0 Å². The van der Waals surface area contributed by atoms with Crippen molar-refractivity contribution in [1.82, 2.24) is 9.62 Å². The minimum atomic E-state index is -3.67. The van der Waals surface area contributed by atoms with Crippen LogP contribution in [0.2, 0.25) is 4.34 Å². The van der Waals surface area contributed by atoms with Gasteiger partial charge in [0.2, 0.25) is 5.91 Å². The number of hydrogen-bond donors (Lipinski definition) is 2. The lowest BCUT2D eigenvalue weighted by atomic mass is 9.99. The molecule has 3 heterocycles. The molecule has 7 nitrogen and oxygen atoms in total. The number of carbonyl (C=O) groups is 2. The zero-order valence-electron chi connectivity index (χ0n) is 14.4. The van der Waals surface area contributed by atoms with Gasteiger partial charge in [-0.25, -0.2) is 8.42 Å². The van der Waals surface area contributed by atoms with Gasteiger partial charge in [-0.3, -0.25) is 9.59 Å². The highest BCUT2D eigenvalue weighted by atomic mass is 35.5. The molecule has 0 aromatic carbocycles. The third kappa shape index (κ3) is 4.35.